The van der Waals surface area contributed by atoms with Gasteiger partial charge in [-0.15, -0.1) is 0 Å². The Labute approximate surface area is 71.2 Å². The predicted octanol–water partition coefficient (Wildman–Crippen LogP) is -0.989. The number of nitrogens with two attached hydrogens (primary N) is 1. The highest BCUT2D eigenvalue weighted by Crippen LogP contribution is 1.92. The van der Waals surface area contributed by atoms with Crippen LogP contribution in [0, 0.1) is 0 Å². The van der Waals surface area contributed by atoms with Gasteiger partial charge in [0.25, 0.3) is 0 Å². The molecule has 0 unspecified atom stereocenters. The van der Waals surface area contributed by atoms with Crippen LogP contribution in [0.5, 0.6) is 0 Å². The zero-order valence-electron chi connectivity index (χ0n) is 7.42. The van der Waals surface area contributed by atoms with Gasteiger partial charge in [-0.1, -0.05) is 0 Å². The van der Waals surface area contributed by atoms with Crippen LogP contribution in [0.3, 0.4) is 0 Å². The van der Waals surface area contributed by atoms with Crippen molar-refractivity contribution in [3.05, 3.63) is 11.9 Å². The van der Waals surface area contributed by atoms with E-state index in [1.165, 1.54) is 25.9 Å². The Morgan fingerprint density at radius 2 is 2.00 bits per heavy atom. The van der Waals surface area contributed by atoms with Crippen molar-refractivity contribution < 1.29 is 9.59 Å². The largest absolute Gasteiger partial charge is 0.385 e. The lowest BCUT2D eigenvalue weighted by atomic mass is 10.4. The molecule has 68 valence electrons. The molecule has 0 aliphatic heterocycles. The molecule has 12 heavy (non-hydrogen) atoms. The second-order valence-electron chi connectivity index (χ2n) is 2.26. The molecule has 0 saturated heterocycles. The summed E-state index contributed by atoms with van der Waals surface area (Å²) < 4.78 is 0. The summed E-state index contributed by atoms with van der Waals surface area (Å²) in [5.74, 6) is -0.421. The Morgan fingerprint density at radius 1 is 1.50 bits per heavy atom. The third-order valence-electron chi connectivity index (χ3n) is 1.39. The maximum absolute atomic E-state index is 10.7. The second-order valence-corrected chi connectivity index (χ2v) is 2.26. The average Bonchev–Trinajstić information content (AvgIpc) is 2.02. The van der Waals surface area contributed by atoms with Crippen LogP contribution >= 0.6 is 0 Å². The van der Waals surface area contributed by atoms with E-state index in [-0.39, 0.29) is 17.6 Å². The van der Waals surface area contributed by atoms with E-state index >= 15 is 0 Å². The molecule has 2 amide bonds. The molecule has 0 rings (SSSR count). The summed E-state index contributed by atoms with van der Waals surface area (Å²) in [6, 6.07) is 0. The highest BCUT2D eigenvalue weighted by Gasteiger charge is 2.05. The molecule has 0 fully saturated rings. The van der Waals surface area contributed by atoms with Gasteiger partial charge in [-0.2, -0.15) is 0 Å². The molecule has 0 heterocycles. The summed E-state index contributed by atoms with van der Waals surface area (Å²) in [6.45, 7) is 1.37. The number of rotatable bonds is 2. The van der Waals surface area contributed by atoms with Crippen molar-refractivity contribution in [3.8, 4) is 0 Å². The number of amides is 2. The molecular formula is C7H13N3O2. The Morgan fingerprint density at radius 3 is 2.33 bits per heavy atom. The molecule has 5 nitrogen and oxygen atoms in total. The molecule has 3 N–H and O–H groups in total. The van der Waals surface area contributed by atoms with Crippen molar-refractivity contribution in [2.45, 2.75) is 6.92 Å². The summed E-state index contributed by atoms with van der Waals surface area (Å²) in [5.41, 5.74) is 5.40. The fraction of sp³-hybridized carbons (Fsp3) is 0.429. The zero-order valence-corrected chi connectivity index (χ0v) is 7.42. The lowest BCUT2D eigenvalue weighted by molar-refractivity contribution is -0.125. The Bertz CT molecular complexity index is 223. The molecule has 0 spiro atoms. The van der Waals surface area contributed by atoms with Crippen LogP contribution in [0.1, 0.15) is 6.92 Å². The molecule has 0 atom stereocenters. The number of hydrogen-bond donors (Lipinski definition) is 2. The van der Waals surface area contributed by atoms with Gasteiger partial charge >= 0.3 is 0 Å². The Kier molecular flexibility index (Phi) is 3.82. The molecule has 5 heteroatoms. The van der Waals surface area contributed by atoms with Gasteiger partial charge in [0.2, 0.25) is 11.8 Å². The van der Waals surface area contributed by atoms with Crippen molar-refractivity contribution in [1.82, 2.24) is 10.2 Å². The summed E-state index contributed by atoms with van der Waals surface area (Å²) >= 11 is 0. The summed E-state index contributed by atoms with van der Waals surface area (Å²) in [7, 11) is 2.98. The van der Waals surface area contributed by atoms with Gasteiger partial charge in [-0.25, -0.2) is 0 Å². The van der Waals surface area contributed by atoms with Crippen LogP contribution in [0.25, 0.3) is 0 Å². The predicted molar refractivity (Wildman–Crippen MR) is 44.8 cm³/mol. The van der Waals surface area contributed by atoms with Crippen LogP contribution < -0.4 is 11.1 Å². The van der Waals surface area contributed by atoms with E-state index in [0.717, 1.165) is 6.08 Å². The molecule has 0 saturated carbocycles. The van der Waals surface area contributed by atoms with Gasteiger partial charge in [0.05, 0.1) is 0 Å². The minimum atomic E-state index is -0.333. The van der Waals surface area contributed by atoms with E-state index in [1.807, 2.05) is 0 Å². The number of carbonyl (C=O) groups excluding carboxylic acids is 2. The Balaban J connectivity index is 4.36. The SMILES string of the molecule is CNC(=O)/C=C(/N)N(C)C(C)=O. The van der Waals surface area contributed by atoms with Crippen LogP contribution in [-0.4, -0.2) is 30.8 Å². The normalized spacial score (nSPS) is 10.8. The van der Waals surface area contributed by atoms with Crippen molar-refractivity contribution >= 4 is 11.8 Å². The molecule has 0 radical (unpaired) electrons. The lowest BCUT2D eigenvalue weighted by Crippen LogP contribution is -2.30. The third-order valence-corrected chi connectivity index (χ3v) is 1.39. The summed E-state index contributed by atoms with van der Waals surface area (Å²) in [5, 5.41) is 2.36. The first-order chi connectivity index (χ1) is 5.49. The fourth-order valence-corrected chi connectivity index (χ4v) is 0.485. The third kappa shape index (κ3) is 3.05. The van der Waals surface area contributed by atoms with E-state index < -0.39 is 0 Å². The summed E-state index contributed by atoms with van der Waals surface area (Å²) in [4.78, 5) is 22.7. The molecule has 0 aromatic carbocycles. The zero-order chi connectivity index (χ0) is 9.72. The van der Waals surface area contributed by atoms with Gasteiger partial charge in [-0.05, 0) is 0 Å². The van der Waals surface area contributed by atoms with E-state index in [4.69, 9.17) is 5.73 Å². The average molecular weight is 171 g/mol. The van der Waals surface area contributed by atoms with Crippen molar-refractivity contribution in [2.24, 2.45) is 5.73 Å². The molecule has 0 aliphatic rings. The first-order valence-corrected chi connectivity index (χ1v) is 3.42. The maximum atomic E-state index is 10.7. The molecule has 0 aromatic rings. The number of nitrogens with zero attached hydrogens (tertiary/aromatic N) is 1. The van der Waals surface area contributed by atoms with Gasteiger partial charge in [0.1, 0.15) is 5.82 Å². The molecule has 0 bridgehead atoms. The van der Waals surface area contributed by atoms with Crippen LogP contribution in [0.2, 0.25) is 0 Å². The van der Waals surface area contributed by atoms with E-state index in [1.54, 1.807) is 0 Å². The molecule has 0 aromatic heterocycles. The first kappa shape index (κ1) is 10.5. The van der Waals surface area contributed by atoms with E-state index in [2.05, 4.69) is 5.32 Å². The number of nitrogens with one attached hydrogen (secondary N) is 1. The van der Waals surface area contributed by atoms with Crippen molar-refractivity contribution in [2.75, 3.05) is 14.1 Å². The Hall–Kier alpha value is -1.52. The number of hydrogen-bond acceptors (Lipinski definition) is 3. The molecule has 0 aliphatic carbocycles. The minimum absolute atomic E-state index is 0.127. The lowest BCUT2D eigenvalue weighted by Gasteiger charge is -2.13. The molecular weight excluding hydrogens is 158 g/mol. The highest BCUT2D eigenvalue weighted by molar-refractivity contribution is 5.88. The summed E-state index contributed by atoms with van der Waals surface area (Å²) in [6.07, 6.45) is 1.15. The minimum Gasteiger partial charge on any atom is -0.385 e. The van der Waals surface area contributed by atoms with Gasteiger partial charge in [-0.3, -0.25) is 9.59 Å². The van der Waals surface area contributed by atoms with Crippen molar-refractivity contribution in [3.63, 3.8) is 0 Å². The van der Waals surface area contributed by atoms with Gasteiger partial charge in [0.15, 0.2) is 0 Å². The second kappa shape index (κ2) is 4.38. The monoisotopic (exact) mass is 171 g/mol. The topological polar surface area (TPSA) is 75.4 Å². The smallest absolute Gasteiger partial charge is 0.247 e. The van der Waals surface area contributed by atoms with Gasteiger partial charge < -0.3 is 16.0 Å². The number of likely N-dealkylation sites (N-methyl/N-ethyl adjacent to an activating group) is 1. The standard InChI is InChI=1S/C7H13N3O2/c1-5(11)10(3)6(8)4-7(12)9-2/h4H,8H2,1-3H3,(H,9,12)/b6-4-. The highest BCUT2D eigenvalue weighted by atomic mass is 16.2. The van der Waals surface area contributed by atoms with Crippen molar-refractivity contribution in [1.29, 1.82) is 0 Å². The van der Waals surface area contributed by atoms with E-state index in [0.29, 0.717) is 0 Å². The number of carbonyl (C=O) groups is 2. The van der Waals surface area contributed by atoms with E-state index in [9.17, 15) is 9.59 Å². The maximum Gasteiger partial charge on any atom is 0.247 e. The quantitative estimate of drug-likeness (QED) is 0.524. The van der Waals surface area contributed by atoms with Gasteiger partial charge in [0, 0.05) is 27.1 Å². The van der Waals surface area contributed by atoms with Crippen LogP contribution in [0.15, 0.2) is 11.9 Å². The van der Waals surface area contributed by atoms with Crippen LogP contribution in [-0.2, 0) is 9.59 Å². The van der Waals surface area contributed by atoms with Crippen LogP contribution in [0.4, 0.5) is 0 Å². The first-order valence-electron chi connectivity index (χ1n) is 3.42. The fourth-order valence-electron chi connectivity index (χ4n) is 0.485.